The zero-order chi connectivity index (χ0) is 24.2. The van der Waals surface area contributed by atoms with Crippen LogP contribution in [0.1, 0.15) is 5.56 Å². The number of hydrogen-bond donors (Lipinski definition) is 5. The number of rotatable bonds is 10. The summed E-state index contributed by atoms with van der Waals surface area (Å²) < 4.78 is 3.44. The van der Waals surface area contributed by atoms with Gasteiger partial charge in [0.1, 0.15) is 0 Å². The molecule has 6 nitrogen and oxygen atoms in total. The van der Waals surface area contributed by atoms with Crippen molar-refractivity contribution in [1.82, 2.24) is 15.0 Å². The first-order valence-corrected chi connectivity index (χ1v) is 12.0. The molecule has 7 heteroatoms. The van der Waals surface area contributed by atoms with E-state index in [9.17, 15) is 5.11 Å². The van der Waals surface area contributed by atoms with Crippen molar-refractivity contribution in [2.24, 2.45) is 0 Å². The molecule has 178 valence electrons. The lowest BCUT2D eigenvalue weighted by atomic mass is 10.0. The van der Waals surface area contributed by atoms with Gasteiger partial charge in [-0.1, -0.05) is 42.5 Å². The van der Waals surface area contributed by atoms with Gasteiger partial charge in [0.15, 0.2) is 0 Å². The lowest BCUT2D eigenvalue weighted by molar-refractivity contribution is 0.172. The topological polar surface area (TPSA) is 103 Å². The average Bonchev–Trinajstić information content (AvgIpc) is 2.89. The SMILES string of the molecule is CO.Nc1ccc(CC(O)CNCCNSc2cc(-c3ccccc3)cc3cnccc23)cc1. The molecule has 0 saturated heterocycles. The number of nitrogen functional groups attached to an aromatic ring is 1. The number of aliphatic hydroxyl groups excluding tert-OH is 2. The van der Waals surface area contributed by atoms with Crippen LogP contribution >= 0.6 is 11.9 Å². The van der Waals surface area contributed by atoms with Crippen molar-refractivity contribution in [1.29, 1.82) is 0 Å². The number of anilines is 1. The quantitative estimate of drug-likeness (QED) is 0.134. The summed E-state index contributed by atoms with van der Waals surface area (Å²) in [6, 6.07) is 24.5. The van der Waals surface area contributed by atoms with E-state index in [1.165, 1.54) is 21.4 Å². The first-order valence-electron chi connectivity index (χ1n) is 11.2. The van der Waals surface area contributed by atoms with Gasteiger partial charge in [0, 0.05) is 55.1 Å². The monoisotopic (exact) mass is 476 g/mol. The number of aliphatic hydroxyl groups is 2. The highest BCUT2D eigenvalue weighted by molar-refractivity contribution is 7.97. The predicted octanol–water partition coefficient (Wildman–Crippen LogP) is 3.88. The van der Waals surface area contributed by atoms with E-state index in [1.54, 1.807) is 11.9 Å². The Morgan fingerprint density at radius 1 is 0.941 bits per heavy atom. The van der Waals surface area contributed by atoms with E-state index in [0.29, 0.717) is 13.0 Å². The molecule has 6 N–H and O–H groups in total. The van der Waals surface area contributed by atoms with Crippen molar-refractivity contribution in [3.8, 4) is 11.1 Å². The van der Waals surface area contributed by atoms with Gasteiger partial charge in [0.25, 0.3) is 0 Å². The first-order chi connectivity index (χ1) is 16.7. The van der Waals surface area contributed by atoms with Crippen LogP contribution in [0, 0.1) is 0 Å². The highest BCUT2D eigenvalue weighted by Crippen LogP contribution is 2.32. The van der Waals surface area contributed by atoms with E-state index in [0.717, 1.165) is 36.8 Å². The van der Waals surface area contributed by atoms with Crippen LogP contribution in [0.3, 0.4) is 0 Å². The van der Waals surface area contributed by atoms with E-state index in [2.05, 4.69) is 57.5 Å². The van der Waals surface area contributed by atoms with E-state index >= 15 is 0 Å². The molecule has 0 bridgehead atoms. The fourth-order valence-corrected chi connectivity index (χ4v) is 4.43. The van der Waals surface area contributed by atoms with Crippen molar-refractivity contribution in [3.05, 3.63) is 90.8 Å². The maximum atomic E-state index is 10.2. The molecule has 1 aromatic heterocycles. The van der Waals surface area contributed by atoms with Gasteiger partial charge in [-0.3, -0.25) is 9.71 Å². The Morgan fingerprint density at radius 3 is 2.47 bits per heavy atom. The van der Waals surface area contributed by atoms with Crippen molar-refractivity contribution in [3.63, 3.8) is 0 Å². The third-order valence-electron chi connectivity index (χ3n) is 5.24. The van der Waals surface area contributed by atoms with Gasteiger partial charge in [-0.2, -0.15) is 0 Å². The molecule has 4 rings (SSSR count). The third kappa shape index (κ3) is 7.55. The molecule has 0 aliphatic rings. The van der Waals surface area contributed by atoms with E-state index in [-0.39, 0.29) is 0 Å². The molecule has 1 atom stereocenters. The van der Waals surface area contributed by atoms with Gasteiger partial charge in [-0.05, 0) is 70.8 Å². The second-order valence-corrected chi connectivity index (χ2v) is 8.67. The van der Waals surface area contributed by atoms with Crippen molar-refractivity contribution in [2.75, 3.05) is 32.5 Å². The van der Waals surface area contributed by atoms with Gasteiger partial charge in [0.05, 0.1) is 6.10 Å². The molecule has 3 aromatic carbocycles. The maximum absolute atomic E-state index is 10.2. The van der Waals surface area contributed by atoms with Gasteiger partial charge < -0.3 is 21.3 Å². The molecular weight excluding hydrogens is 444 g/mol. The van der Waals surface area contributed by atoms with Gasteiger partial charge in [0.2, 0.25) is 0 Å². The Balaban J connectivity index is 0.00000158. The minimum Gasteiger partial charge on any atom is -0.400 e. The van der Waals surface area contributed by atoms with Crippen molar-refractivity contribution in [2.45, 2.75) is 17.4 Å². The summed E-state index contributed by atoms with van der Waals surface area (Å²) in [6.45, 7) is 2.10. The second-order valence-electron chi connectivity index (χ2n) is 7.74. The molecule has 1 heterocycles. The fraction of sp³-hybridized carbons (Fsp3) is 0.222. The summed E-state index contributed by atoms with van der Waals surface area (Å²) in [5.74, 6) is 0. The number of hydrogen-bond acceptors (Lipinski definition) is 7. The number of benzene rings is 3. The third-order valence-corrected chi connectivity index (χ3v) is 6.15. The summed E-state index contributed by atoms with van der Waals surface area (Å²) in [4.78, 5) is 5.46. The minimum atomic E-state index is -0.426. The molecule has 0 aliphatic carbocycles. The largest absolute Gasteiger partial charge is 0.400 e. The van der Waals surface area contributed by atoms with Crippen LogP contribution in [0.5, 0.6) is 0 Å². The van der Waals surface area contributed by atoms with E-state index in [4.69, 9.17) is 10.8 Å². The molecule has 0 saturated carbocycles. The Hall–Kier alpha value is -2.94. The van der Waals surface area contributed by atoms with Crippen LogP contribution in [0.2, 0.25) is 0 Å². The second kappa shape index (κ2) is 13.7. The summed E-state index contributed by atoms with van der Waals surface area (Å²) in [7, 11) is 1.00. The van der Waals surface area contributed by atoms with E-state index < -0.39 is 6.10 Å². The Bertz CT molecular complexity index is 1140. The van der Waals surface area contributed by atoms with Crippen molar-refractivity contribution >= 4 is 28.4 Å². The lowest BCUT2D eigenvalue weighted by Gasteiger charge is -2.13. The van der Waals surface area contributed by atoms with E-state index in [1.807, 2.05) is 42.7 Å². The molecule has 0 fully saturated rings. The molecule has 0 radical (unpaired) electrons. The lowest BCUT2D eigenvalue weighted by Crippen LogP contribution is -2.32. The molecular formula is C27H32N4O2S. The summed E-state index contributed by atoms with van der Waals surface area (Å²) in [5, 5.41) is 22.9. The minimum absolute atomic E-state index is 0.426. The Kier molecular flexibility index (Phi) is 10.3. The first kappa shape index (κ1) is 25.7. The summed E-state index contributed by atoms with van der Waals surface area (Å²) in [6.07, 6.45) is 3.93. The normalized spacial score (nSPS) is 11.6. The molecule has 0 amide bonds. The number of nitrogens with zero attached hydrogens (tertiary/aromatic N) is 1. The molecule has 0 aliphatic heterocycles. The van der Waals surface area contributed by atoms with Crippen LogP contribution in [0.4, 0.5) is 5.69 Å². The average molecular weight is 477 g/mol. The number of fused-ring (bicyclic) bond motifs is 1. The van der Waals surface area contributed by atoms with Crippen LogP contribution in [-0.2, 0) is 6.42 Å². The van der Waals surface area contributed by atoms with Crippen LogP contribution < -0.4 is 15.8 Å². The predicted molar refractivity (Wildman–Crippen MR) is 143 cm³/mol. The number of nitrogens with one attached hydrogen (secondary N) is 2. The van der Waals surface area contributed by atoms with Crippen molar-refractivity contribution < 1.29 is 10.2 Å². The number of aromatic nitrogens is 1. The smallest absolute Gasteiger partial charge is 0.0704 e. The van der Waals surface area contributed by atoms with Gasteiger partial charge in [-0.15, -0.1) is 0 Å². The Morgan fingerprint density at radius 2 is 1.71 bits per heavy atom. The van der Waals surface area contributed by atoms with Gasteiger partial charge in [-0.25, -0.2) is 0 Å². The van der Waals surface area contributed by atoms with Crippen LogP contribution in [-0.4, -0.2) is 48.0 Å². The summed E-state index contributed by atoms with van der Waals surface area (Å²) in [5.41, 5.74) is 9.90. The van der Waals surface area contributed by atoms with Crippen LogP contribution in [0.15, 0.2) is 90.1 Å². The van der Waals surface area contributed by atoms with Gasteiger partial charge >= 0.3 is 0 Å². The highest BCUT2D eigenvalue weighted by Gasteiger charge is 2.08. The zero-order valence-electron chi connectivity index (χ0n) is 19.3. The Labute approximate surface area is 205 Å². The maximum Gasteiger partial charge on any atom is 0.0704 e. The highest BCUT2D eigenvalue weighted by atomic mass is 32.2. The van der Waals surface area contributed by atoms with Crippen LogP contribution in [0.25, 0.3) is 21.9 Å². The summed E-state index contributed by atoms with van der Waals surface area (Å²) >= 11 is 1.63. The molecule has 34 heavy (non-hydrogen) atoms. The standard InChI is InChI=1S/C26H28N4OS.CH4O/c27-23-8-6-19(7-9-23)14-24(31)18-29-12-13-30-32-26-16-21(20-4-2-1-3-5-20)15-22-17-28-11-10-25(22)26;1-2/h1-11,15-17,24,29-31H,12-14,18,27H2;2H,1H3. The fourth-order valence-electron chi connectivity index (χ4n) is 3.59. The number of nitrogens with two attached hydrogens (primary N) is 1. The zero-order valence-corrected chi connectivity index (χ0v) is 20.1. The molecule has 4 aromatic rings. The number of pyridine rings is 1. The molecule has 0 spiro atoms. The molecule has 1 unspecified atom stereocenters.